The molecule has 0 aromatic heterocycles. The number of piperidine rings is 1. The quantitative estimate of drug-likeness (QED) is 0.613. The average molecular weight is 503 g/mol. The van der Waals surface area contributed by atoms with E-state index in [1.165, 1.54) is 43.8 Å². The molecule has 174 valence electrons. The average Bonchev–Trinajstić information content (AvgIpc) is 2.79. The molecule has 1 N–H and O–H groups in total. The fourth-order valence-corrected chi connectivity index (χ4v) is 5.56. The Morgan fingerprint density at radius 2 is 1.53 bits per heavy atom. The van der Waals surface area contributed by atoms with Crippen molar-refractivity contribution in [3.05, 3.63) is 40.4 Å². The topological polar surface area (TPSA) is 94.2 Å². The number of sulfonamides is 1. The zero-order valence-corrected chi connectivity index (χ0v) is 20.2. The van der Waals surface area contributed by atoms with E-state index in [0.29, 0.717) is 40.8 Å². The molecule has 32 heavy (non-hydrogen) atoms. The van der Waals surface area contributed by atoms with Crippen LogP contribution >= 0.6 is 23.2 Å². The van der Waals surface area contributed by atoms with Crippen LogP contribution in [0.3, 0.4) is 0 Å². The van der Waals surface area contributed by atoms with Crippen LogP contribution in [0.15, 0.2) is 35.2 Å². The van der Waals surface area contributed by atoms with Gasteiger partial charge in [0.05, 0.1) is 42.0 Å². The van der Waals surface area contributed by atoms with Crippen LogP contribution in [0.4, 0.5) is 5.69 Å². The number of ether oxygens (including phenoxy) is 3. The zero-order chi connectivity index (χ0) is 23.5. The van der Waals surface area contributed by atoms with Gasteiger partial charge < -0.3 is 19.5 Å². The number of rotatable bonds is 7. The van der Waals surface area contributed by atoms with Gasteiger partial charge >= 0.3 is 0 Å². The molecule has 0 radical (unpaired) electrons. The van der Waals surface area contributed by atoms with Gasteiger partial charge in [0.25, 0.3) is 0 Å². The summed E-state index contributed by atoms with van der Waals surface area (Å²) in [5.41, 5.74) is 0.432. The van der Waals surface area contributed by atoms with Crippen LogP contribution in [0.25, 0.3) is 0 Å². The van der Waals surface area contributed by atoms with Crippen molar-refractivity contribution < 1.29 is 27.4 Å². The van der Waals surface area contributed by atoms with Gasteiger partial charge in [0.2, 0.25) is 15.9 Å². The van der Waals surface area contributed by atoms with E-state index in [0.717, 1.165) is 0 Å². The van der Waals surface area contributed by atoms with Crippen molar-refractivity contribution in [2.24, 2.45) is 5.92 Å². The minimum Gasteiger partial charge on any atom is -0.495 e. The second-order valence-corrected chi connectivity index (χ2v) is 9.90. The fraction of sp³-hybridized carbons (Fsp3) is 0.381. The number of benzene rings is 2. The number of nitrogens with one attached hydrogen (secondary N) is 1. The predicted molar refractivity (Wildman–Crippen MR) is 123 cm³/mol. The van der Waals surface area contributed by atoms with Gasteiger partial charge in [-0.05, 0) is 31.0 Å². The van der Waals surface area contributed by atoms with Crippen LogP contribution < -0.4 is 19.5 Å². The largest absolute Gasteiger partial charge is 0.495 e. The Balaban J connectivity index is 1.68. The second kappa shape index (κ2) is 10.2. The Kier molecular flexibility index (Phi) is 7.76. The molecule has 0 spiro atoms. The first-order chi connectivity index (χ1) is 15.2. The van der Waals surface area contributed by atoms with Gasteiger partial charge in [-0.3, -0.25) is 4.79 Å². The van der Waals surface area contributed by atoms with Gasteiger partial charge in [0.1, 0.15) is 17.2 Å². The van der Waals surface area contributed by atoms with Crippen LogP contribution in [0.5, 0.6) is 17.2 Å². The molecule has 0 bridgehead atoms. The summed E-state index contributed by atoms with van der Waals surface area (Å²) >= 11 is 12.2. The lowest BCUT2D eigenvalue weighted by atomic mass is 9.97. The SMILES string of the molecule is COc1ccc(S(=O)(=O)N2CCC(C(=O)Nc3cc(OC)c(Cl)cc3OC)CC2)cc1Cl. The molecule has 0 atom stereocenters. The molecule has 1 saturated heterocycles. The highest BCUT2D eigenvalue weighted by Gasteiger charge is 2.32. The summed E-state index contributed by atoms with van der Waals surface area (Å²) in [6.45, 7) is 0.427. The van der Waals surface area contributed by atoms with Crippen molar-refractivity contribution in [1.29, 1.82) is 0 Å². The van der Waals surface area contributed by atoms with Crippen LogP contribution in [0.2, 0.25) is 10.0 Å². The summed E-state index contributed by atoms with van der Waals surface area (Å²) in [6, 6.07) is 7.49. The summed E-state index contributed by atoms with van der Waals surface area (Å²) in [6.07, 6.45) is 0.754. The molecular formula is C21H24Cl2N2O6S. The van der Waals surface area contributed by atoms with Gasteiger partial charge in [-0.1, -0.05) is 23.2 Å². The van der Waals surface area contributed by atoms with Crippen LogP contribution in [-0.4, -0.2) is 53.0 Å². The highest BCUT2D eigenvalue weighted by atomic mass is 35.5. The third-order valence-corrected chi connectivity index (χ3v) is 7.80. The first-order valence-electron chi connectivity index (χ1n) is 9.77. The molecule has 3 rings (SSSR count). The molecule has 1 aliphatic rings. The Hall–Kier alpha value is -2.20. The molecular weight excluding hydrogens is 479 g/mol. The molecule has 1 amide bonds. The highest BCUT2D eigenvalue weighted by Crippen LogP contribution is 2.36. The first-order valence-corrected chi connectivity index (χ1v) is 12.0. The Morgan fingerprint density at radius 1 is 0.938 bits per heavy atom. The minimum atomic E-state index is -3.73. The molecule has 0 unspecified atom stereocenters. The van der Waals surface area contributed by atoms with E-state index in [-0.39, 0.29) is 34.8 Å². The number of nitrogens with zero attached hydrogens (tertiary/aromatic N) is 1. The van der Waals surface area contributed by atoms with Gasteiger partial charge in [0.15, 0.2) is 0 Å². The smallest absolute Gasteiger partial charge is 0.243 e. The number of amides is 1. The van der Waals surface area contributed by atoms with E-state index in [1.54, 1.807) is 12.1 Å². The number of halogens is 2. The molecule has 11 heteroatoms. The number of methoxy groups -OCH3 is 3. The summed E-state index contributed by atoms with van der Waals surface area (Å²) in [5.74, 6) is 0.627. The predicted octanol–water partition coefficient (Wildman–Crippen LogP) is 4.06. The van der Waals surface area contributed by atoms with Crippen LogP contribution in [0, 0.1) is 5.92 Å². The summed E-state index contributed by atoms with van der Waals surface area (Å²) in [4.78, 5) is 12.9. The maximum absolute atomic E-state index is 13.0. The van der Waals surface area contributed by atoms with Crippen molar-refractivity contribution in [2.75, 3.05) is 39.7 Å². The number of hydrogen-bond donors (Lipinski definition) is 1. The van der Waals surface area contributed by atoms with Gasteiger partial charge in [-0.2, -0.15) is 4.31 Å². The summed E-state index contributed by atoms with van der Waals surface area (Å²) in [7, 11) is 0.680. The number of hydrogen-bond acceptors (Lipinski definition) is 6. The molecule has 0 saturated carbocycles. The van der Waals surface area contributed by atoms with Gasteiger partial charge in [-0.25, -0.2) is 8.42 Å². The number of carbonyl (C=O) groups is 1. The van der Waals surface area contributed by atoms with Crippen molar-refractivity contribution in [1.82, 2.24) is 4.31 Å². The van der Waals surface area contributed by atoms with E-state index in [9.17, 15) is 13.2 Å². The van der Waals surface area contributed by atoms with E-state index < -0.39 is 10.0 Å². The molecule has 2 aromatic rings. The van der Waals surface area contributed by atoms with E-state index in [4.69, 9.17) is 37.4 Å². The molecule has 1 aliphatic heterocycles. The molecule has 1 heterocycles. The van der Waals surface area contributed by atoms with Crippen LogP contribution in [0.1, 0.15) is 12.8 Å². The third kappa shape index (κ3) is 5.06. The lowest BCUT2D eigenvalue weighted by Gasteiger charge is -2.30. The zero-order valence-electron chi connectivity index (χ0n) is 17.9. The maximum atomic E-state index is 13.0. The Morgan fingerprint density at radius 3 is 2.09 bits per heavy atom. The Bertz CT molecular complexity index is 1100. The summed E-state index contributed by atoms with van der Waals surface area (Å²) in [5, 5.41) is 3.42. The summed E-state index contributed by atoms with van der Waals surface area (Å²) < 4.78 is 42.9. The lowest BCUT2D eigenvalue weighted by molar-refractivity contribution is -0.120. The maximum Gasteiger partial charge on any atom is 0.243 e. The van der Waals surface area contributed by atoms with Crippen molar-refractivity contribution in [3.8, 4) is 17.2 Å². The van der Waals surface area contributed by atoms with Crippen molar-refractivity contribution in [2.45, 2.75) is 17.7 Å². The molecule has 0 aliphatic carbocycles. The van der Waals surface area contributed by atoms with E-state index in [1.807, 2.05) is 0 Å². The fourth-order valence-electron chi connectivity index (χ4n) is 3.51. The van der Waals surface area contributed by atoms with Crippen molar-refractivity contribution in [3.63, 3.8) is 0 Å². The van der Waals surface area contributed by atoms with Gasteiger partial charge in [-0.15, -0.1) is 0 Å². The second-order valence-electron chi connectivity index (χ2n) is 7.15. The lowest BCUT2D eigenvalue weighted by Crippen LogP contribution is -2.41. The highest BCUT2D eigenvalue weighted by molar-refractivity contribution is 7.89. The third-order valence-electron chi connectivity index (χ3n) is 5.32. The van der Waals surface area contributed by atoms with E-state index in [2.05, 4.69) is 5.32 Å². The standard InChI is InChI=1S/C21H24Cl2N2O6S/c1-29-18-5-4-14(10-15(18)22)32(27,28)25-8-6-13(7-9-25)21(26)24-17-12-19(30-2)16(23)11-20(17)31-3/h4-5,10-13H,6-9H2,1-3H3,(H,24,26). The molecule has 2 aromatic carbocycles. The monoisotopic (exact) mass is 502 g/mol. The molecule has 8 nitrogen and oxygen atoms in total. The molecule has 1 fully saturated rings. The Labute approximate surface area is 197 Å². The normalized spacial score (nSPS) is 15.3. The number of anilines is 1. The van der Waals surface area contributed by atoms with Crippen molar-refractivity contribution >= 4 is 44.8 Å². The first kappa shape index (κ1) is 24.4. The van der Waals surface area contributed by atoms with E-state index >= 15 is 0 Å². The van der Waals surface area contributed by atoms with Gasteiger partial charge in [0, 0.05) is 31.1 Å². The minimum absolute atomic E-state index is 0.0872. The number of carbonyl (C=O) groups excluding carboxylic acids is 1. The van der Waals surface area contributed by atoms with Crippen LogP contribution in [-0.2, 0) is 14.8 Å².